The third kappa shape index (κ3) is 4.67. The van der Waals surface area contributed by atoms with Crippen LogP contribution in [-0.4, -0.2) is 34.2 Å². The maximum absolute atomic E-state index is 13.8. The lowest BCUT2D eigenvalue weighted by Crippen LogP contribution is -2.52. The number of cyclic esters (lactones) is 1. The van der Waals surface area contributed by atoms with Gasteiger partial charge in [0.05, 0.1) is 18.1 Å². The van der Waals surface area contributed by atoms with Crippen LogP contribution < -0.4 is 0 Å². The highest BCUT2D eigenvalue weighted by Crippen LogP contribution is 2.47. The second kappa shape index (κ2) is 10.6. The normalized spacial score (nSPS) is 20.7. The molecule has 0 bridgehead atoms. The van der Waals surface area contributed by atoms with Crippen molar-refractivity contribution in [3.63, 3.8) is 0 Å². The molecule has 0 spiro atoms. The van der Waals surface area contributed by atoms with Gasteiger partial charge in [-0.15, -0.1) is 0 Å². The van der Waals surface area contributed by atoms with E-state index >= 15 is 0 Å². The molecule has 5 heteroatoms. The molecule has 5 nitrogen and oxygen atoms in total. The van der Waals surface area contributed by atoms with Gasteiger partial charge in [0.25, 0.3) is 0 Å². The smallest absolute Gasteiger partial charge is 0.418 e. The van der Waals surface area contributed by atoms with Gasteiger partial charge < -0.3 is 9.84 Å². The van der Waals surface area contributed by atoms with Gasteiger partial charge in [0.1, 0.15) is 0 Å². The molecular weight excluding hydrogens is 426 g/mol. The van der Waals surface area contributed by atoms with Crippen molar-refractivity contribution >= 4 is 12.0 Å². The Balaban J connectivity index is 2.06. The van der Waals surface area contributed by atoms with Crippen molar-refractivity contribution in [2.45, 2.75) is 65.7 Å². The molecule has 1 aliphatic rings. The molecule has 2 aromatic rings. The number of hydrogen-bond acceptors (Lipinski definition) is 4. The molecule has 0 saturated carbocycles. The van der Waals surface area contributed by atoms with Crippen molar-refractivity contribution in [3.8, 4) is 0 Å². The summed E-state index contributed by atoms with van der Waals surface area (Å²) < 4.78 is 6.18. The van der Waals surface area contributed by atoms with Crippen molar-refractivity contribution in [3.05, 3.63) is 83.4 Å². The Hall–Kier alpha value is -2.92. The zero-order valence-corrected chi connectivity index (χ0v) is 21.1. The minimum Gasteiger partial charge on any atom is -0.430 e. The average Bonchev–Trinajstić information content (AvgIpc) is 3.17. The lowest BCUT2D eigenvalue weighted by molar-refractivity contribution is -0.138. The molecule has 1 N–H and O–H groups in total. The van der Waals surface area contributed by atoms with Gasteiger partial charge in [-0.2, -0.15) is 0 Å². The van der Waals surface area contributed by atoms with Crippen molar-refractivity contribution in [2.24, 2.45) is 17.8 Å². The summed E-state index contributed by atoms with van der Waals surface area (Å²) in [7, 11) is 0. The number of rotatable bonds is 8. The highest BCUT2D eigenvalue weighted by molar-refractivity contribution is 5.96. The molecule has 0 aliphatic carbocycles. The van der Waals surface area contributed by atoms with Crippen LogP contribution in [0.1, 0.15) is 59.1 Å². The quantitative estimate of drug-likeness (QED) is 0.493. The molecule has 2 amide bonds. The summed E-state index contributed by atoms with van der Waals surface area (Å²) in [5.41, 5.74) is 1.64. The van der Waals surface area contributed by atoms with Gasteiger partial charge in [-0.05, 0) is 32.1 Å². The van der Waals surface area contributed by atoms with Crippen LogP contribution in [0.5, 0.6) is 0 Å². The van der Waals surface area contributed by atoms with E-state index in [-0.39, 0.29) is 11.8 Å². The number of allylic oxidation sites excluding steroid dienone is 2. The summed E-state index contributed by atoms with van der Waals surface area (Å²) in [5, 5.41) is 11.0. The molecule has 1 aliphatic heterocycles. The van der Waals surface area contributed by atoms with Crippen molar-refractivity contribution < 1.29 is 19.4 Å². The fourth-order valence-corrected chi connectivity index (χ4v) is 5.14. The minimum absolute atomic E-state index is 0.0946. The molecular formula is C29H37NO4. The molecule has 0 aromatic heterocycles. The van der Waals surface area contributed by atoms with Gasteiger partial charge in [0.2, 0.25) is 5.91 Å². The number of ether oxygens (including phenoxy) is 1. The fraction of sp³-hybridized carbons (Fsp3) is 0.448. The number of carbonyl (C=O) groups is 2. The van der Waals surface area contributed by atoms with E-state index in [2.05, 4.69) is 0 Å². The van der Waals surface area contributed by atoms with Crippen LogP contribution in [0.25, 0.3) is 0 Å². The van der Waals surface area contributed by atoms with E-state index in [4.69, 9.17) is 4.74 Å². The summed E-state index contributed by atoms with van der Waals surface area (Å²) in [6, 6.07) is 18.6. The van der Waals surface area contributed by atoms with Crippen molar-refractivity contribution in [1.29, 1.82) is 0 Å². The number of hydrogen-bond donors (Lipinski definition) is 1. The summed E-state index contributed by atoms with van der Waals surface area (Å²) in [5.74, 6) is -1.38. The molecule has 1 saturated heterocycles. The van der Waals surface area contributed by atoms with E-state index in [0.717, 1.165) is 16.7 Å². The van der Waals surface area contributed by atoms with Gasteiger partial charge in [-0.1, -0.05) is 100 Å². The number of carbonyl (C=O) groups excluding carboxylic acids is 2. The summed E-state index contributed by atoms with van der Waals surface area (Å²) >= 11 is 0. The van der Waals surface area contributed by atoms with Crippen LogP contribution in [-0.2, 0) is 15.1 Å². The van der Waals surface area contributed by atoms with Crippen LogP contribution in [0.2, 0.25) is 0 Å². The van der Waals surface area contributed by atoms with E-state index in [1.165, 1.54) is 4.90 Å². The minimum atomic E-state index is -1.14. The zero-order valence-electron chi connectivity index (χ0n) is 21.1. The van der Waals surface area contributed by atoms with Crippen LogP contribution in [0.15, 0.2) is 72.3 Å². The molecule has 1 heterocycles. The standard InChI is InChI=1S/C29H37NO4/c1-7-20(4)18-21(5)25(31)22(6)27(32)30-26(19(2)3)29(34-28(30)33,23-14-10-8-11-15-23)24-16-12-9-13-17-24/h7-17,19,21-22,25-26,31H,18H2,1-6H3/b20-7+/t21-,22-,25+,26-/m0/s1. The van der Waals surface area contributed by atoms with Crippen LogP contribution in [0.3, 0.4) is 0 Å². The third-order valence-corrected chi connectivity index (χ3v) is 7.04. The van der Waals surface area contributed by atoms with E-state index in [9.17, 15) is 14.7 Å². The Morgan fingerprint density at radius 1 is 1.03 bits per heavy atom. The van der Waals surface area contributed by atoms with Crippen LogP contribution in [0, 0.1) is 17.8 Å². The number of aliphatic hydroxyl groups excluding tert-OH is 1. The second-order valence-electron chi connectivity index (χ2n) is 9.83. The van der Waals surface area contributed by atoms with Crippen LogP contribution in [0.4, 0.5) is 4.79 Å². The Morgan fingerprint density at radius 3 is 1.97 bits per heavy atom. The first-order chi connectivity index (χ1) is 16.1. The SMILES string of the molecule is C/C=C(\C)C[C@H](C)[C@@H](O)[C@H](C)C(=O)N1C(=O)OC(c2ccccc2)(c2ccccc2)[C@@H]1C(C)C. The molecule has 34 heavy (non-hydrogen) atoms. The molecule has 182 valence electrons. The Kier molecular flexibility index (Phi) is 7.98. The molecule has 0 radical (unpaired) electrons. The van der Waals surface area contributed by atoms with E-state index in [0.29, 0.717) is 6.42 Å². The highest BCUT2D eigenvalue weighted by atomic mass is 16.6. The Morgan fingerprint density at radius 2 is 1.53 bits per heavy atom. The van der Waals surface area contributed by atoms with Gasteiger partial charge in [0, 0.05) is 11.1 Å². The molecule has 4 atom stereocenters. The third-order valence-electron chi connectivity index (χ3n) is 7.04. The maximum atomic E-state index is 13.8. The predicted octanol–water partition coefficient (Wildman–Crippen LogP) is 5.92. The van der Waals surface area contributed by atoms with Crippen molar-refractivity contribution in [2.75, 3.05) is 0 Å². The second-order valence-corrected chi connectivity index (χ2v) is 9.83. The number of amides is 2. The number of nitrogens with zero attached hydrogens (tertiary/aromatic N) is 1. The number of imide groups is 1. The lowest BCUT2D eigenvalue weighted by atomic mass is 9.75. The van der Waals surface area contributed by atoms with Gasteiger partial charge >= 0.3 is 6.09 Å². The maximum Gasteiger partial charge on any atom is 0.418 e. The first-order valence-electron chi connectivity index (χ1n) is 12.1. The van der Waals surface area contributed by atoms with E-state index < -0.39 is 35.7 Å². The summed E-state index contributed by atoms with van der Waals surface area (Å²) in [4.78, 5) is 28.4. The first kappa shape index (κ1) is 25.7. The largest absolute Gasteiger partial charge is 0.430 e. The average molecular weight is 464 g/mol. The van der Waals surface area contributed by atoms with Gasteiger partial charge in [-0.3, -0.25) is 4.79 Å². The predicted molar refractivity (Wildman–Crippen MR) is 134 cm³/mol. The Labute approximate surface area is 203 Å². The highest BCUT2D eigenvalue weighted by Gasteiger charge is 2.60. The molecule has 0 unspecified atom stereocenters. The topological polar surface area (TPSA) is 66.8 Å². The molecule has 3 rings (SSSR count). The molecule has 1 fully saturated rings. The zero-order chi connectivity index (χ0) is 25.0. The monoisotopic (exact) mass is 463 g/mol. The Bertz CT molecular complexity index is 975. The summed E-state index contributed by atoms with van der Waals surface area (Å²) in [6.45, 7) is 11.6. The fourth-order valence-electron chi connectivity index (χ4n) is 5.14. The van der Waals surface area contributed by atoms with Crippen LogP contribution >= 0.6 is 0 Å². The first-order valence-corrected chi connectivity index (χ1v) is 12.1. The van der Waals surface area contributed by atoms with E-state index in [1.54, 1.807) is 6.92 Å². The van der Waals surface area contributed by atoms with Gasteiger partial charge in [-0.25, -0.2) is 9.69 Å². The van der Waals surface area contributed by atoms with Crippen molar-refractivity contribution in [1.82, 2.24) is 4.90 Å². The van der Waals surface area contributed by atoms with E-state index in [1.807, 2.05) is 101 Å². The molecule has 2 aromatic carbocycles. The summed E-state index contributed by atoms with van der Waals surface area (Å²) in [6.07, 6.45) is 1.14. The number of benzene rings is 2. The lowest BCUT2D eigenvalue weighted by Gasteiger charge is -2.38. The van der Waals surface area contributed by atoms with Gasteiger partial charge in [0.15, 0.2) is 5.60 Å². The number of aliphatic hydroxyl groups is 1.